The zero-order chi connectivity index (χ0) is 12.0. The van der Waals surface area contributed by atoms with E-state index < -0.39 is 5.97 Å². The van der Waals surface area contributed by atoms with Gasteiger partial charge in [0.05, 0.1) is 0 Å². The first-order valence-electron chi connectivity index (χ1n) is 6.15. The molecule has 0 aromatic rings. The van der Waals surface area contributed by atoms with Crippen LogP contribution in [0.2, 0.25) is 0 Å². The van der Waals surface area contributed by atoms with Gasteiger partial charge in [0.15, 0.2) is 0 Å². The maximum Gasteiger partial charge on any atom is 0.320 e. The second-order valence-corrected chi connectivity index (χ2v) is 5.93. The van der Waals surface area contributed by atoms with Crippen molar-refractivity contribution in [2.75, 3.05) is 12.8 Å². The molecule has 0 radical (unpaired) electrons. The summed E-state index contributed by atoms with van der Waals surface area (Å²) in [5.41, 5.74) is 0. The van der Waals surface area contributed by atoms with Crippen LogP contribution in [0.4, 0.5) is 0 Å². The standard InChI is InChI=1S/C12H23NO2S/c1-3-6-10(11(14)15)13-9-12(16-2)7-4-5-8-12/h10,13H,3-9H2,1-2H3,(H,14,15). The number of carbonyl (C=O) groups is 1. The second kappa shape index (κ2) is 6.50. The summed E-state index contributed by atoms with van der Waals surface area (Å²) in [7, 11) is 0. The van der Waals surface area contributed by atoms with Crippen molar-refractivity contribution >= 4 is 17.7 Å². The highest BCUT2D eigenvalue weighted by molar-refractivity contribution is 8.00. The number of aliphatic carboxylic acids is 1. The lowest BCUT2D eigenvalue weighted by Gasteiger charge is -2.28. The van der Waals surface area contributed by atoms with Crippen LogP contribution in [0, 0.1) is 0 Å². The van der Waals surface area contributed by atoms with E-state index in [2.05, 4.69) is 11.6 Å². The molecule has 1 unspecified atom stereocenters. The highest BCUT2D eigenvalue weighted by Crippen LogP contribution is 2.39. The number of nitrogens with one attached hydrogen (secondary N) is 1. The molecule has 0 amide bonds. The molecule has 0 saturated heterocycles. The van der Waals surface area contributed by atoms with Gasteiger partial charge in [-0.25, -0.2) is 0 Å². The van der Waals surface area contributed by atoms with Crippen LogP contribution in [-0.2, 0) is 4.79 Å². The number of carboxylic acid groups (broad SMARTS) is 1. The Balaban J connectivity index is 2.43. The van der Waals surface area contributed by atoms with E-state index in [1.54, 1.807) is 0 Å². The Hall–Kier alpha value is -0.220. The van der Waals surface area contributed by atoms with Crippen molar-refractivity contribution in [1.82, 2.24) is 5.32 Å². The van der Waals surface area contributed by atoms with E-state index >= 15 is 0 Å². The number of hydrogen-bond acceptors (Lipinski definition) is 3. The van der Waals surface area contributed by atoms with Gasteiger partial charge in [0.25, 0.3) is 0 Å². The van der Waals surface area contributed by atoms with Crippen LogP contribution in [0.5, 0.6) is 0 Å². The molecule has 0 aromatic carbocycles. The van der Waals surface area contributed by atoms with Gasteiger partial charge >= 0.3 is 5.97 Å². The Kier molecular flexibility index (Phi) is 5.62. The number of hydrogen-bond donors (Lipinski definition) is 2. The molecule has 3 nitrogen and oxygen atoms in total. The molecular formula is C12H23NO2S. The van der Waals surface area contributed by atoms with Gasteiger partial charge in [-0.1, -0.05) is 26.2 Å². The first kappa shape index (κ1) is 13.8. The molecule has 94 valence electrons. The van der Waals surface area contributed by atoms with E-state index in [9.17, 15) is 4.79 Å². The minimum Gasteiger partial charge on any atom is -0.480 e. The van der Waals surface area contributed by atoms with Crippen molar-refractivity contribution in [2.45, 2.75) is 56.2 Å². The molecule has 0 spiro atoms. The fourth-order valence-electron chi connectivity index (χ4n) is 2.38. The second-order valence-electron chi connectivity index (χ2n) is 4.65. The minimum absolute atomic E-state index is 0.293. The topological polar surface area (TPSA) is 49.3 Å². The van der Waals surface area contributed by atoms with Crippen LogP contribution in [0.1, 0.15) is 45.4 Å². The SMILES string of the molecule is CCCC(NCC1(SC)CCCC1)C(=O)O. The van der Waals surface area contributed by atoms with Crippen molar-refractivity contribution in [3.8, 4) is 0 Å². The molecular weight excluding hydrogens is 222 g/mol. The molecule has 0 aromatic heterocycles. The van der Waals surface area contributed by atoms with Crippen molar-refractivity contribution in [2.24, 2.45) is 0 Å². The predicted molar refractivity (Wildman–Crippen MR) is 69.0 cm³/mol. The molecule has 0 aliphatic heterocycles. The zero-order valence-electron chi connectivity index (χ0n) is 10.3. The largest absolute Gasteiger partial charge is 0.480 e. The third-order valence-corrected chi connectivity index (χ3v) is 4.91. The first-order chi connectivity index (χ1) is 7.63. The van der Waals surface area contributed by atoms with Crippen LogP contribution >= 0.6 is 11.8 Å². The predicted octanol–water partition coefficient (Wildman–Crippen LogP) is 2.51. The van der Waals surface area contributed by atoms with Crippen molar-refractivity contribution in [3.05, 3.63) is 0 Å². The van der Waals surface area contributed by atoms with Gasteiger partial charge in [0.2, 0.25) is 0 Å². The number of carboxylic acids is 1. The summed E-state index contributed by atoms with van der Waals surface area (Å²) in [5, 5.41) is 12.3. The summed E-state index contributed by atoms with van der Waals surface area (Å²) in [6.45, 7) is 2.86. The van der Waals surface area contributed by atoms with Crippen molar-refractivity contribution in [1.29, 1.82) is 0 Å². The summed E-state index contributed by atoms with van der Waals surface area (Å²) < 4.78 is 0.293. The lowest BCUT2D eigenvalue weighted by molar-refractivity contribution is -0.139. The smallest absolute Gasteiger partial charge is 0.320 e. The Labute approximate surface area is 102 Å². The van der Waals surface area contributed by atoms with Gasteiger partial charge in [-0.15, -0.1) is 0 Å². The normalized spacial score (nSPS) is 20.9. The summed E-state index contributed by atoms with van der Waals surface area (Å²) in [6.07, 6.45) is 8.79. The average Bonchev–Trinajstić information content (AvgIpc) is 2.73. The summed E-state index contributed by atoms with van der Waals surface area (Å²) >= 11 is 1.90. The molecule has 2 N–H and O–H groups in total. The maximum absolute atomic E-state index is 11.0. The molecule has 1 aliphatic rings. The van der Waals surface area contributed by atoms with E-state index in [1.165, 1.54) is 25.7 Å². The van der Waals surface area contributed by atoms with E-state index in [4.69, 9.17) is 5.11 Å². The summed E-state index contributed by atoms with van der Waals surface area (Å²) in [5.74, 6) is -0.712. The summed E-state index contributed by atoms with van der Waals surface area (Å²) in [4.78, 5) is 11.0. The van der Waals surface area contributed by atoms with Gasteiger partial charge in [-0.2, -0.15) is 11.8 Å². The number of thioether (sulfide) groups is 1. The van der Waals surface area contributed by atoms with Crippen molar-refractivity contribution < 1.29 is 9.90 Å². The summed E-state index contributed by atoms with van der Waals surface area (Å²) in [6, 6.07) is -0.366. The van der Waals surface area contributed by atoms with Gasteiger partial charge in [0, 0.05) is 11.3 Å². The van der Waals surface area contributed by atoms with Crippen LogP contribution in [0.3, 0.4) is 0 Å². The first-order valence-corrected chi connectivity index (χ1v) is 7.37. The van der Waals surface area contributed by atoms with E-state index in [0.29, 0.717) is 4.75 Å². The monoisotopic (exact) mass is 245 g/mol. The minimum atomic E-state index is -0.712. The Morgan fingerprint density at radius 3 is 2.56 bits per heavy atom. The van der Waals surface area contributed by atoms with E-state index in [1.807, 2.05) is 18.7 Å². The molecule has 1 saturated carbocycles. The lowest BCUT2D eigenvalue weighted by Crippen LogP contribution is -2.44. The average molecular weight is 245 g/mol. The van der Waals surface area contributed by atoms with Crippen LogP contribution in [0.15, 0.2) is 0 Å². The lowest BCUT2D eigenvalue weighted by atomic mass is 10.1. The van der Waals surface area contributed by atoms with Gasteiger partial charge in [-0.05, 0) is 25.5 Å². The molecule has 1 atom stereocenters. The number of rotatable bonds is 7. The fraction of sp³-hybridized carbons (Fsp3) is 0.917. The van der Waals surface area contributed by atoms with Crippen LogP contribution < -0.4 is 5.32 Å². The van der Waals surface area contributed by atoms with Gasteiger partial charge in [0.1, 0.15) is 6.04 Å². The van der Waals surface area contributed by atoms with Gasteiger partial charge in [-0.3, -0.25) is 4.79 Å². The Bertz CT molecular complexity index is 227. The molecule has 16 heavy (non-hydrogen) atoms. The van der Waals surface area contributed by atoms with Crippen LogP contribution in [-0.4, -0.2) is 34.7 Å². The molecule has 4 heteroatoms. The molecule has 1 aliphatic carbocycles. The van der Waals surface area contributed by atoms with Crippen LogP contribution in [0.25, 0.3) is 0 Å². The van der Waals surface area contributed by atoms with Gasteiger partial charge < -0.3 is 10.4 Å². The molecule has 0 heterocycles. The molecule has 1 rings (SSSR count). The van der Waals surface area contributed by atoms with Crippen molar-refractivity contribution in [3.63, 3.8) is 0 Å². The third kappa shape index (κ3) is 3.67. The highest BCUT2D eigenvalue weighted by atomic mass is 32.2. The Morgan fingerprint density at radius 2 is 2.12 bits per heavy atom. The fourth-order valence-corrected chi connectivity index (χ4v) is 3.31. The zero-order valence-corrected chi connectivity index (χ0v) is 11.1. The van der Waals surface area contributed by atoms with E-state index in [-0.39, 0.29) is 6.04 Å². The van der Waals surface area contributed by atoms with E-state index in [0.717, 1.165) is 19.4 Å². The molecule has 1 fully saturated rings. The third-order valence-electron chi connectivity index (χ3n) is 3.49. The maximum atomic E-state index is 11.0. The highest BCUT2D eigenvalue weighted by Gasteiger charge is 2.33. The molecule has 0 bridgehead atoms. The Morgan fingerprint density at radius 1 is 1.50 bits per heavy atom. The quantitative estimate of drug-likeness (QED) is 0.723.